The van der Waals surface area contributed by atoms with Crippen molar-refractivity contribution in [3.8, 4) is 0 Å². The summed E-state index contributed by atoms with van der Waals surface area (Å²) in [4.78, 5) is 103. The number of hydrogen-bond acceptors (Lipinski definition) is 16. The third-order valence-corrected chi connectivity index (χ3v) is 14.7. The Balaban J connectivity index is 1.62. The van der Waals surface area contributed by atoms with Crippen LogP contribution < -0.4 is 16.2 Å². The molecule has 5 rings (SSSR count). The smallest absolute Gasteiger partial charge is 0.332 e. The predicted octanol–water partition coefficient (Wildman–Crippen LogP) is 0.325. The summed E-state index contributed by atoms with van der Waals surface area (Å²) in [7, 11) is 0. The van der Waals surface area contributed by atoms with Crippen LogP contribution in [-0.4, -0.2) is 177 Å². The fraction of sp³-hybridized carbons (Fsp3) is 0.844. The molecule has 0 aromatic rings. The summed E-state index contributed by atoms with van der Waals surface area (Å²) in [5, 5.41) is 63.5. The van der Waals surface area contributed by atoms with Crippen LogP contribution in [0.3, 0.4) is 0 Å². The minimum atomic E-state index is -2.74. The molecule has 5 fully saturated rings. The molecular formula is C45H76N8O14. The average Bonchev–Trinajstić information content (AvgIpc) is 3.62. The molecule has 0 radical (unpaired) electrons. The molecule has 0 bridgehead atoms. The van der Waals surface area contributed by atoms with Gasteiger partial charge in [0.15, 0.2) is 11.6 Å². The first-order valence-corrected chi connectivity index (χ1v) is 24.1. The second kappa shape index (κ2) is 21.3. The number of carbonyl (C=O) groups is 7. The number of nitrogens with zero attached hydrogens (tertiary/aromatic N) is 5. The van der Waals surface area contributed by atoms with Gasteiger partial charge >= 0.3 is 5.97 Å². The summed E-state index contributed by atoms with van der Waals surface area (Å²) in [6.45, 7) is 15.8. The van der Waals surface area contributed by atoms with Gasteiger partial charge in [-0.25, -0.2) is 25.8 Å². The number of esters is 1. The lowest BCUT2D eigenvalue weighted by Gasteiger charge is -2.48. The van der Waals surface area contributed by atoms with E-state index in [2.05, 4.69) is 30.0 Å². The average molecular weight is 953 g/mol. The summed E-state index contributed by atoms with van der Waals surface area (Å²) in [6, 6.07) is -10.0. The van der Waals surface area contributed by atoms with Gasteiger partial charge in [-0.05, 0) is 95.8 Å². The summed E-state index contributed by atoms with van der Waals surface area (Å²) in [5.41, 5.74) is 1.02. The monoisotopic (exact) mass is 953 g/mol. The molecule has 380 valence electrons. The first-order valence-electron chi connectivity index (χ1n) is 24.1. The van der Waals surface area contributed by atoms with E-state index in [0.29, 0.717) is 31.6 Å². The highest BCUT2D eigenvalue weighted by atomic mass is 16.6. The fourth-order valence-electron chi connectivity index (χ4n) is 10.1. The number of nitrogens with one attached hydrogen (secondary N) is 3. The van der Waals surface area contributed by atoms with Gasteiger partial charge in [-0.3, -0.25) is 49.2 Å². The minimum absolute atomic E-state index is 0.0213. The Morgan fingerprint density at radius 2 is 1.42 bits per heavy atom. The highest BCUT2D eigenvalue weighted by molar-refractivity contribution is 5.98. The number of hydrogen-bond donors (Lipinski definition) is 8. The normalized spacial score (nSPS) is 35.9. The van der Waals surface area contributed by atoms with Gasteiger partial charge in [-0.2, -0.15) is 0 Å². The zero-order chi connectivity index (χ0) is 50.1. The van der Waals surface area contributed by atoms with E-state index in [-0.39, 0.29) is 61.4 Å². The molecular weight excluding hydrogens is 877 g/mol. The Morgan fingerprint density at radius 1 is 0.836 bits per heavy atom. The Bertz CT molecular complexity index is 1850. The molecule has 0 saturated carbocycles. The van der Waals surface area contributed by atoms with E-state index >= 15 is 4.79 Å². The Labute approximate surface area is 392 Å². The molecule has 22 heteroatoms. The van der Waals surface area contributed by atoms with Crippen LogP contribution in [0.5, 0.6) is 0 Å². The Kier molecular flexibility index (Phi) is 17.1. The van der Waals surface area contributed by atoms with Crippen molar-refractivity contribution in [3.63, 3.8) is 0 Å². The Hall–Kier alpha value is -4.03. The van der Waals surface area contributed by atoms with E-state index in [4.69, 9.17) is 9.47 Å². The van der Waals surface area contributed by atoms with Gasteiger partial charge in [0.05, 0.1) is 11.7 Å². The summed E-state index contributed by atoms with van der Waals surface area (Å²) in [5.74, 6) is -11.6. The maximum Gasteiger partial charge on any atom is 0.332 e. The molecule has 5 saturated heterocycles. The van der Waals surface area contributed by atoms with Crippen molar-refractivity contribution in [3.05, 3.63) is 0 Å². The molecule has 22 nitrogen and oxygen atoms in total. The van der Waals surface area contributed by atoms with Crippen LogP contribution in [0.25, 0.3) is 0 Å². The van der Waals surface area contributed by atoms with E-state index in [9.17, 15) is 54.5 Å². The van der Waals surface area contributed by atoms with E-state index in [1.807, 2.05) is 6.92 Å². The number of amides is 6. The van der Waals surface area contributed by atoms with Gasteiger partial charge in [-0.1, -0.05) is 54.9 Å². The van der Waals surface area contributed by atoms with Crippen molar-refractivity contribution in [2.45, 2.75) is 199 Å². The van der Waals surface area contributed by atoms with Crippen molar-refractivity contribution in [1.82, 2.24) is 41.2 Å². The highest BCUT2D eigenvalue weighted by Gasteiger charge is 2.59. The molecule has 8 N–H and O–H groups in total. The van der Waals surface area contributed by atoms with Gasteiger partial charge in [-0.15, -0.1) is 0 Å². The van der Waals surface area contributed by atoms with Crippen molar-refractivity contribution in [2.75, 3.05) is 19.6 Å². The zero-order valence-electron chi connectivity index (χ0n) is 40.8. The predicted molar refractivity (Wildman–Crippen MR) is 236 cm³/mol. The van der Waals surface area contributed by atoms with Crippen LogP contribution in [0.2, 0.25) is 0 Å². The quantitative estimate of drug-likeness (QED) is 0.114. The van der Waals surface area contributed by atoms with Crippen LogP contribution in [0.15, 0.2) is 0 Å². The van der Waals surface area contributed by atoms with Crippen molar-refractivity contribution < 1.29 is 68.8 Å². The number of hydroxylamine groups is 4. The summed E-state index contributed by atoms with van der Waals surface area (Å²) >= 11 is 0. The first kappa shape index (κ1) is 53.9. The van der Waals surface area contributed by atoms with Crippen LogP contribution in [0, 0.1) is 23.7 Å². The van der Waals surface area contributed by atoms with Crippen molar-refractivity contribution in [1.29, 1.82) is 0 Å². The maximum atomic E-state index is 15.1. The number of carbonyl (C=O) groups excluding carboxylic acids is 7. The largest absolute Gasteiger partial charge is 0.458 e. The second-order valence-corrected chi connectivity index (χ2v) is 20.4. The summed E-state index contributed by atoms with van der Waals surface area (Å²) in [6.07, 6.45) is 0.791. The van der Waals surface area contributed by atoms with Crippen molar-refractivity contribution in [2.24, 2.45) is 23.7 Å². The van der Waals surface area contributed by atoms with Gasteiger partial charge in [0.2, 0.25) is 11.7 Å². The molecule has 0 aromatic heterocycles. The maximum absolute atomic E-state index is 15.1. The van der Waals surface area contributed by atoms with E-state index in [1.54, 1.807) is 13.8 Å². The standard InChI is InChI=1S/C45H76N8O14/c1-11-26(7)23-28-17-18-45(63,67-31(28)12-2)44(10,62)42(60)48-32-34(25(5)6)66-41(59)33(24(3)4)53(65)40(58)35-43(9,61)19-22-49(35)37(55)29-15-13-20-46-50(29)36(54)27(8)52(64)38(56)30-16-14-21-47-51(30)39(32)57/h24-35,46-47,61-65H,11-23H2,1-10H3,(H,48,60)/t26-,27+,28+,29+,30+,31+,32-,33-,34-,35+,43+,44+,45+/m0/s1. The highest BCUT2D eigenvalue weighted by Crippen LogP contribution is 2.42. The van der Waals surface area contributed by atoms with Gasteiger partial charge < -0.3 is 35.0 Å². The lowest BCUT2D eigenvalue weighted by Crippen LogP contribution is -2.70. The van der Waals surface area contributed by atoms with Gasteiger partial charge in [0.1, 0.15) is 36.3 Å². The van der Waals surface area contributed by atoms with Crippen LogP contribution in [-0.2, 0) is 43.0 Å². The molecule has 67 heavy (non-hydrogen) atoms. The molecule has 6 amide bonds. The van der Waals surface area contributed by atoms with Crippen LogP contribution in [0.1, 0.15) is 133 Å². The number of hydrazine groups is 2. The molecule has 0 aliphatic carbocycles. The summed E-state index contributed by atoms with van der Waals surface area (Å²) < 4.78 is 12.2. The zero-order valence-corrected chi connectivity index (χ0v) is 40.8. The first-order chi connectivity index (χ1) is 31.3. The lowest BCUT2D eigenvalue weighted by molar-refractivity contribution is -0.329. The minimum Gasteiger partial charge on any atom is -0.458 e. The van der Waals surface area contributed by atoms with Crippen LogP contribution in [0.4, 0.5) is 0 Å². The van der Waals surface area contributed by atoms with Gasteiger partial charge in [0.25, 0.3) is 29.5 Å². The molecule has 5 aliphatic heterocycles. The van der Waals surface area contributed by atoms with Gasteiger partial charge in [0, 0.05) is 26.1 Å². The van der Waals surface area contributed by atoms with E-state index in [0.717, 1.165) is 34.7 Å². The molecule has 5 aliphatic rings. The second-order valence-electron chi connectivity index (χ2n) is 20.4. The molecule has 0 unspecified atom stereocenters. The third-order valence-electron chi connectivity index (χ3n) is 14.7. The van der Waals surface area contributed by atoms with Crippen LogP contribution >= 0.6 is 0 Å². The fourth-order valence-corrected chi connectivity index (χ4v) is 10.1. The van der Waals surface area contributed by atoms with Crippen molar-refractivity contribution >= 4 is 41.4 Å². The number of ether oxygens (including phenoxy) is 2. The lowest BCUT2D eigenvalue weighted by atomic mass is 9.78. The number of cyclic esters (lactones) is 1. The number of aliphatic hydroxyl groups is 3. The van der Waals surface area contributed by atoms with E-state index < -0.39 is 119 Å². The third kappa shape index (κ3) is 10.8. The molecule has 13 atom stereocenters. The number of rotatable bonds is 9. The number of fused-ring (bicyclic) bond motifs is 3. The Morgan fingerprint density at radius 3 is 1.97 bits per heavy atom. The molecule has 0 aromatic carbocycles. The molecule has 5 heterocycles. The van der Waals surface area contributed by atoms with E-state index in [1.165, 1.54) is 27.7 Å². The topological polar surface area (TPSA) is 291 Å². The SMILES string of the molecule is CC[C@H](C)C[C@H]1CC[C@](O)([C@](C)(O)C(=O)N[C@@H]2C(=O)N3NCCC[C@@H]3C(=O)N(O)[C@H](C)C(=O)N3NCCC[C@@H]3C(=O)N3CC[C@@](C)(O)[C@H]3C(=O)N(O)[C@@H](C(C)C)C(=O)O[C@H]2C(C)C)O[C@@H]1CC. The molecule has 0 spiro atoms.